The van der Waals surface area contributed by atoms with Gasteiger partial charge >= 0.3 is 0 Å². The van der Waals surface area contributed by atoms with Gasteiger partial charge in [0.05, 0.1) is 6.26 Å². The van der Waals surface area contributed by atoms with E-state index in [0.717, 1.165) is 54.7 Å². The van der Waals surface area contributed by atoms with Crippen LogP contribution in [-0.4, -0.2) is 23.1 Å². The van der Waals surface area contributed by atoms with Crippen molar-refractivity contribution < 1.29 is 4.42 Å². The third-order valence-electron chi connectivity index (χ3n) is 3.04. The number of nitrogens with zero attached hydrogens (tertiary/aromatic N) is 2. The first-order valence-electron chi connectivity index (χ1n) is 7.06. The second-order valence-electron chi connectivity index (χ2n) is 4.78. The number of furan rings is 1. The minimum Gasteiger partial charge on any atom is -0.469 e. The summed E-state index contributed by atoms with van der Waals surface area (Å²) in [5, 5.41) is 6.70. The van der Waals surface area contributed by atoms with Crippen molar-refractivity contribution >= 4 is 11.6 Å². The standard InChI is InChI=1S/C15H22N4O/c1-4-8-16-14-11(2)15(19-12(3)18-14)17-9-7-13-6-5-10-20-13/h5-6,10H,4,7-9H2,1-3H3,(H2,16,17,18,19). The van der Waals surface area contributed by atoms with Crippen molar-refractivity contribution in [2.45, 2.75) is 33.6 Å². The summed E-state index contributed by atoms with van der Waals surface area (Å²) < 4.78 is 5.32. The van der Waals surface area contributed by atoms with E-state index in [1.807, 2.05) is 26.0 Å². The highest BCUT2D eigenvalue weighted by molar-refractivity contribution is 5.57. The Morgan fingerprint density at radius 3 is 2.40 bits per heavy atom. The van der Waals surface area contributed by atoms with E-state index in [1.165, 1.54) is 0 Å². The van der Waals surface area contributed by atoms with Crippen LogP contribution in [0, 0.1) is 13.8 Å². The molecule has 0 spiro atoms. The zero-order valence-electron chi connectivity index (χ0n) is 12.4. The number of hydrogen-bond donors (Lipinski definition) is 2. The van der Waals surface area contributed by atoms with Crippen LogP contribution in [0.5, 0.6) is 0 Å². The molecule has 5 nitrogen and oxygen atoms in total. The molecule has 0 aliphatic heterocycles. The highest BCUT2D eigenvalue weighted by Crippen LogP contribution is 2.19. The quantitative estimate of drug-likeness (QED) is 0.812. The molecule has 0 bridgehead atoms. The van der Waals surface area contributed by atoms with Crippen LogP contribution in [0.25, 0.3) is 0 Å². The van der Waals surface area contributed by atoms with Gasteiger partial charge in [0.25, 0.3) is 0 Å². The van der Waals surface area contributed by atoms with Crippen molar-refractivity contribution in [3.05, 3.63) is 35.5 Å². The molecule has 0 aliphatic rings. The molecule has 0 saturated carbocycles. The average molecular weight is 274 g/mol. The number of aryl methyl sites for hydroxylation is 1. The third-order valence-corrected chi connectivity index (χ3v) is 3.04. The first kappa shape index (κ1) is 14.4. The van der Waals surface area contributed by atoms with Crippen LogP contribution in [0.2, 0.25) is 0 Å². The summed E-state index contributed by atoms with van der Waals surface area (Å²) in [6, 6.07) is 3.89. The van der Waals surface area contributed by atoms with Crippen LogP contribution in [-0.2, 0) is 6.42 Å². The Hall–Kier alpha value is -2.04. The van der Waals surface area contributed by atoms with Crippen LogP contribution < -0.4 is 10.6 Å². The fraction of sp³-hybridized carbons (Fsp3) is 0.467. The van der Waals surface area contributed by atoms with Crippen molar-refractivity contribution in [1.29, 1.82) is 0 Å². The smallest absolute Gasteiger partial charge is 0.134 e. The normalized spacial score (nSPS) is 10.6. The van der Waals surface area contributed by atoms with Gasteiger partial charge in [-0.3, -0.25) is 0 Å². The van der Waals surface area contributed by atoms with E-state index >= 15 is 0 Å². The number of anilines is 2. The summed E-state index contributed by atoms with van der Waals surface area (Å²) in [6.07, 6.45) is 3.61. The Morgan fingerprint density at radius 1 is 1.10 bits per heavy atom. The Labute approximate surface area is 119 Å². The van der Waals surface area contributed by atoms with E-state index < -0.39 is 0 Å². The number of aromatic nitrogens is 2. The molecule has 0 amide bonds. The summed E-state index contributed by atoms with van der Waals surface area (Å²) in [6.45, 7) is 7.79. The first-order valence-corrected chi connectivity index (χ1v) is 7.06. The number of nitrogens with one attached hydrogen (secondary N) is 2. The first-order chi connectivity index (χ1) is 9.70. The lowest BCUT2D eigenvalue weighted by Gasteiger charge is -2.13. The molecule has 2 aromatic heterocycles. The van der Waals surface area contributed by atoms with E-state index in [-0.39, 0.29) is 0 Å². The Bertz CT molecular complexity index is 537. The van der Waals surface area contributed by atoms with E-state index in [2.05, 4.69) is 27.5 Å². The van der Waals surface area contributed by atoms with Gasteiger partial charge in [-0.15, -0.1) is 0 Å². The molecule has 0 radical (unpaired) electrons. The van der Waals surface area contributed by atoms with E-state index in [9.17, 15) is 0 Å². The van der Waals surface area contributed by atoms with Crippen molar-refractivity contribution in [1.82, 2.24) is 9.97 Å². The van der Waals surface area contributed by atoms with Gasteiger partial charge < -0.3 is 15.1 Å². The van der Waals surface area contributed by atoms with Gasteiger partial charge in [-0.25, -0.2) is 9.97 Å². The fourth-order valence-corrected chi connectivity index (χ4v) is 1.98. The van der Waals surface area contributed by atoms with Crippen molar-refractivity contribution in [3.8, 4) is 0 Å². The van der Waals surface area contributed by atoms with Crippen LogP contribution in [0.3, 0.4) is 0 Å². The minimum absolute atomic E-state index is 0.773. The second-order valence-corrected chi connectivity index (χ2v) is 4.78. The maximum absolute atomic E-state index is 5.32. The van der Waals surface area contributed by atoms with Crippen molar-refractivity contribution in [3.63, 3.8) is 0 Å². The highest BCUT2D eigenvalue weighted by Gasteiger charge is 2.08. The minimum atomic E-state index is 0.773. The molecule has 0 aliphatic carbocycles. The molecule has 20 heavy (non-hydrogen) atoms. The van der Waals surface area contributed by atoms with Gasteiger partial charge in [0.15, 0.2) is 0 Å². The summed E-state index contributed by atoms with van der Waals surface area (Å²) in [7, 11) is 0. The average Bonchev–Trinajstić information content (AvgIpc) is 2.94. The summed E-state index contributed by atoms with van der Waals surface area (Å²) in [5.74, 6) is 3.56. The van der Waals surface area contributed by atoms with Gasteiger partial charge in [-0.05, 0) is 32.4 Å². The molecular formula is C15H22N4O. The molecule has 5 heteroatoms. The van der Waals surface area contributed by atoms with Gasteiger partial charge in [-0.2, -0.15) is 0 Å². The van der Waals surface area contributed by atoms with E-state index in [0.29, 0.717) is 0 Å². The van der Waals surface area contributed by atoms with Crippen molar-refractivity contribution in [2.75, 3.05) is 23.7 Å². The highest BCUT2D eigenvalue weighted by atomic mass is 16.3. The monoisotopic (exact) mass is 274 g/mol. The third kappa shape index (κ3) is 3.73. The van der Waals surface area contributed by atoms with Gasteiger partial charge in [0, 0.05) is 25.1 Å². The molecular weight excluding hydrogens is 252 g/mol. The van der Waals surface area contributed by atoms with Gasteiger partial charge in [-0.1, -0.05) is 6.92 Å². The maximum atomic E-state index is 5.32. The zero-order chi connectivity index (χ0) is 14.4. The molecule has 108 valence electrons. The molecule has 0 saturated heterocycles. The lowest BCUT2D eigenvalue weighted by atomic mass is 10.2. The maximum Gasteiger partial charge on any atom is 0.134 e. The molecule has 2 N–H and O–H groups in total. The van der Waals surface area contributed by atoms with Crippen LogP contribution in [0.1, 0.15) is 30.5 Å². The molecule has 2 aromatic rings. The predicted molar refractivity (Wildman–Crippen MR) is 81.2 cm³/mol. The zero-order valence-corrected chi connectivity index (χ0v) is 12.4. The molecule has 0 aromatic carbocycles. The predicted octanol–water partition coefficient (Wildman–Crippen LogP) is 3.16. The fourth-order valence-electron chi connectivity index (χ4n) is 1.98. The van der Waals surface area contributed by atoms with Crippen LogP contribution >= 0.6 is 0 Å². The molecule has 0 unspecified atom stereocenters. The Kier molecular flexibility index (Phi) is 4.98. The van der Waals surface area contributed by atoms with E-state index in [1.54, 1.807) is 6.26 Å². The largest absolute Gasteiger partial charge is 0.469 e. The van der Waals surface area contributed by atoms with Gasteiger partial charge in [0.1, 0.15) is 23.2 Å². The van der Waals surface area contributed by atoms with Crippen LogP contribution in [0.15, 0.2) is 22.8 Å². The molecule has 2 heterocycles. The summed E-state index contributed by atoms with van der Waals surface area (Å²) >= 11 is 0. The lowest BCUT2D eigenvalue weighted by molar-refractivity contribution is 0.513. The molecule has 2 rings (SSSR count). The molecule has 0 atom stereocenters. The van der Waals surface area contributed by atoms with Crippen molar-refractivity contribution in [2.24, 2.45) is 0 Å². The number of hydrogen-bond acceptors (Lipinski definition) is 5. The summed E-state index contributed by atoms with van der Waals surface area (Å²) in [4.78, 5) is 8.92. The second kappa shape index (κ2) is 6.93. The van der Waals surface area contributed by atoms with Crippen LogP contribution in [0.4, 0.5) is 11.6 Å². The SMILES string of the molecule is CCCNc1nc(C)nc(NCCc2ccco2)c1C. The molecule has 0 fully saturated rings. The van der Waals surface area contributed by atoms with Gasteiger partial charge in [0.2, 0.25) is 0 Å². The lowest BCUT2D eigenvalue weighted by Crippen LogP contribution is -2.12. The topological polar surface area (TPSA) is 63.0 Å². The Morgan fingerprint density at radius 2 is 1.80 bits per heavy atom. The summed E-state index contributed by atoms with van der Waals surface area (Å²) in [5.41, 5.74) is 1.06. The Balaban J connectivity index is 2.01. The number of rotatable bonds is 7. The van der Waals surface area contributed by atoms with E-state index in [4.69, 9.17) is 4.42 Å².